The average Bonchev–Trinajstić information content (AvgIpc) is 3.28. The molecule has 1 N–H and O–H groups in total. The lowest BCUT2D eigenvalue weighted by Crippen LogP contribution is -2.49. The number of para-hydroxylation sites is 1. The van der Waals surface area contributed by atoms with E-state index in [1.54, 1.807) is 4.90 Å². The van der Waals surface area contributed by atoms with Crippen LogP contribution in [0.1, 0.15) is 49.9 Å². The highest BCUT2D eigenvalue weighted by atomic mass is 16.2. The van der Waals surface area contributed by atoms with Gasteiger partial charge in [-0.05, 0) is 44.7 Å². The third-order valence-electron chi connectivity index (χ3n) is 5.86. The Labute approximate surface area is 153 Å². The Balaban J connectivity index is 1.41. The number of rotatable bonds is 3. The van der Waals surface area contributed by atoms with E-state index in [4.69, 9.17) is 4.98 Å². The SMILES string of the molecule is Cc1cccc2[nH]c(C3CCN(C(=O)[C@H](C)N4CCCC4=O)CC3)nc12. The number of benzene rings is 1. The molecule has 6 heteroatoms. The Morgan fingerprint density at radius 3 is 2.69 bits per heavy atom. The molecule has 2 aromatic rings. The summed E-state index contributed by atoms with van der Waals surface area (Å²) in [5.74, 6) is 1.58. The summed E-state index contributed by atoms with van der Waals surface area (Å²) in [6.45, 7) is 6.10. The second-order valence-corrected chi connectivity index (χ2v) is 7.56. The highest BCUT2D eigenvalue weighted by Crippen LogP contribution is 2.29. The van der Waals surface area contributed by atoms with Gasteiger partial charge in [0.25, 0.3) is 0 Å². The van der Waals surface area contributed by atoms with Gasteiger partial charge < -0.3 is 14.8 Å². The van der Waals surface area contributed by atoms with Crippen LogP contribution in [0.4, 0.5) is 0 Å². The number of piperidine rings is 1. The van der Waals surface area contributed by atoms with Crippen molar-refractivity contribution >= 4 is 22.8 Å². The van der Waals surface area contributed by atoms with Gasteiger partial charge in [0, 0.05) is 32.0 Å². The topological polar surface area (TPSA) is 69.3 Å². The van der Waals surface area contributed by atoms with Gasteiger partial charge in [-0.15, -0.1) is 0 Å². The third-order valence-corrected chi connectivity index (χ3v) is 5.86. The number of amides is 2. The van der Waals surface area contributed by atoms with Crippen molar-refractivity contribution in [3.63, 3.8) is 0 Å². The van der Waals surface area contributed by atoms with Crippen molar-refractivity contribution in [2.45, 2.75) is 51.5 Å². The summed E-state index contributed by atoms with van der Waals surface area (Å²) in [5, 5.41) is 0. The summed E-state index contributed by atoms with van der Waals surface area (Å²) in [7, 11) is 0. The third kappa shape index (κ3) is 2.97. The van der Waals surface area contributed by atoms with Gasteiger partial charge in [-0.2, -0.15) is 0 Å². The number of nitrogens with zero attached hydrogens (tertiary/aromatic N) is 3. The molecule has 6 nitrogen and oxygen atoms in total. The number of imidazole rings is 1. The van der Waals surface area contributed by atoms with Crippen LogP contribution in [-0.4, -0.2) is 57.3 Å². The molecule has 138 valence electrons. The van der Waals surface area contributed by atoms with Crippen LogP contribution < -0.4 is 0 Å². The first-order valence-corrected chi connectivity index (χ1v) is 9.58. The molecule has 0 radical (unpaired) electrons. The molecule has 2 aliphatic heterocycles. The van der Waals surface area contributed by atoms with Gasteiger partial charge in [0.05, 0.1) is 11.0 Å². The van der Waals surface area contributed by atoms with E-state index in [1.807, 2.05) is 17.9 Å². The number of aryl methyl sites for hydroxylation is 1. The number of aromatic nitrogens is 2. The van der Waals surface area contributed by atoms with E-state index in [9.17, 15) is 9.59 Å². The van der Waals surface area contributed by atoms with E-state index in [0.717, 1.165) is 49.2 Å². The van der Waals surface area contributed by atoms with Crippen molar-refractivity contribution in [3.05, 3.63) is 29.6 Å². The number of aromatic amines is 1. The lowest BCUT2D eigenvalue weighted by Gasteiger charge is -2.35. The van der Waals surface area contributed by atoms with Crippen LogP contribution in [0.3, 0.4) is 0 Å². The maximum Gasteiger partial charge on any atom is 0.245 e. The van der Waals surface area contributed by atoms with Crippen molar-refractivity contribution < 1.29 is 9.59 Å². The van der Waals surface area contributed by atoms with Gasteiger partial charge in [0.1, 0.15) is 11.9 Å². The number of hydrogen-bond acceptors (Lipinski definition) is 3. The molecular formula is C20H26N4O2. The maximum absolute atomic E-state index is 12.8. The molecule has 0 bridgehead atoms. The second-order valence-electron chi connectivity index (χ2n) is 7.56. The van der Waals surface area contributed by atoms with Crippen LogP contribution in [0.25, 0.3) is 11.0 Å². The number of hydrogen-bond donors (Lipinski definition) is 1. The van der Waals surface area contributed by atoms with Crippen molar-refractivity contribution in [3.8, 4) is 0 Å². The predicted molar refractivity (Wildman–Crippen MR) is 99.8 cm³/mol. The van der Waals surface area contributed by atoms with E-state index in [0.29, 0.717) is 18.9 Å². The quantitative estimate of drug-likeness (QED) is 0.921. The Morgan fingerprint density at radius 2 is 2.04 bits per heavy atom. The molecule has 1 aromatic heterocycles. The lowest BCUT2D eigenvalue weighted by molar-refractivity contribution is -0.143. The van der Waals surface area contributed by atoms with Gasteiger partial charge in [-0.3, -0.25) is 9.59 Å². The van der Waals surface area contributed by atoms with Crippen LogP contribution in [-0.2, 0) is 9.59 Å². The van der Waals surface area contributed by atoms with Crippen molar-refractivity contribution in [1.82, 2.24) is 19.8 Å². The van der Waals surface area contributed by atoms with Crippen molar-refractivity contribution in [2.75, 3.05) is 19.6 Å². The minimum atomic E-state index is -0.338. The van der Waals surface area contributed by atoms with Crippen molar-refractivity contribution in [1.29, 1.82) is 0 Å². The van der Waals surface area contributed by atoms with Crippen molar-refractivity contribution in [2.24, 2.45) is 0 Å². The minimum absolute atomic E-state index is 0.0825. The molecule has 2 amide bonds. The summed E-state index contributed by atoms with van der Waals surface area (Å²) in [5.41, 5.74) is 3.31. The zero-order valence-electron chi connectivity index (χ0n) is 15.5. The first-order chi connectivity index (χ1) is 12.5. The van der Waals surface area contributed by atoms with E-state index in [-0.39, 0.29) is 17.9 Å². The molecule has 2 aliphatic rings. The number of carbonyl (C=O) groups is 2. The molecular weight excluding hydrogens is 328 g/mol. The largest absolute Gasteiger partial charge is 0.342 e. The summed E-state index contributed by atoms with van der Waals surface area (Å²) in [6.07, 6.45) is 3.26. The van der Waals surface area contributed by atoms with Gasteiger partial charge in [0.15, 0.2) is 0 Å². The van der Waals surface area contributed by atoms with Crippen LogP contribution in [0.5, 0.6) is 0 Å². The van der Waals surface area contributed by atoms with Gasteiger partial charge >= 0.3 is 0 Å². The van der Waals surface area contributed by atoms with Crippen LogP contribution in [0.15, 0.2) is 18.2 Å². The Hall–Kier alpha value is -2.37. The van der Waals surface area contributed by atoms with E-state index in [2.05, 4.69) is 24.0 Å². The number of fused-ring (bicyclic) bond motifs is 1. The first kappa shape index (κ1) is 17.1. The monoisotopic (exact) mass is 354 g/mol. The molecule has 2 fully saturated rings. The molecule has 2 saturated heterocycles. The summed E-state index contributed by atoms with van der Waals surface area (Å²) in [6, 6.07) is 5.85. The van der Waals surface area contributed by atoms with E-state index < -0.39 is 0 Å². The fourth-order valence-corrected chi connectivity index (χ4v) is 4.24. The van der Waals surface area contributed by atoms with Crippen LogP contribution >= 0.6 is 0 Å². The summed E-state index contributed by atoms with van der Waals surface area (Å²) in [4.78, 5) is 36.6. The Bertz CT molecular complexity index is 835. The van der Waals surface area contributed by atoms with Gasteiger partial charge in [-0.1, -0.05) is 12.1 Å². The standard InChI is InChI=1S/C20H26N4O2/c1-13-5-3-6-16-18(13)22-19(21-16)15-8-11-23(12-9-15)20(26)14(2)24-10-4-7-17(24)25/h3,5-6,14-15H,4,7-12H2,1-2H3,(H,21,22)/t14-/m0/s1. The fraction of sp³-hybridized carbons (Fsp3) is 0.550. The van der Waals surface area contributed by atoms with E-state index in [1.165, 1.54) is 5.56 Å². The van der Waals surface area contributed by atoms with Gasteiger partial charge in [0.2, 0.25) is 11.8 Å². The first-order valence-electron chi connectivity index (χ1n) is 9.58. The highest BCUT2D eigenvalue weighted by molar-refractivity contribution is 5.88. The average molecular weight is 354 g/mol. The predicted octanol–water partition coefficient (Wildman–Crippen LogP) is 2.59. The van der Waals surface area contributed by atoms with Crippen LogP contribution in [0, 0.1) is 6.92 Å². The Morgan fingerprint density at radius 1 is 1.27 bits per heavy atom. The summed E-state index contributed by atoms with van der Waals surface area (Å²) >= 11 is 0. The molecule has 0 aliphatic carbocycles. The molecule has 0 spiro atoms. The maximum atomic E-state index is 12.8. The molecule has 0 saturated carbocycles. The fourth-order valence-electron chi connectivity index (χ4n) is 4.24. The number of H-pyrrole nitrogens is 1. The number of carbonyl (C=O) groups excluding carboxylic acids is 2. The minimum Gasteiger partial charge on any atom is -0.342 e. The smallest absolute Gasteiger partial charge is 0.245 e. The van der Waals surface area contributed by atoms with Gasteiger partial charge in [-0.25, -0.2) is 4.98 Å². The highest BCUT2D eigenvalue weighted by Gasteiger charge is 2.34. The lowest BCUT2D eigenvalue weighted by atomic mass is 9.95. The number of likely N-dealkylation sites (tertiary alicyclic amines) is 2. The molecule has 1 atom stereocenters. The zero-order chi connectivity index (χ0) is 18.3. The zero-order valence-corrected chi connectivity index (χ0v) is 15.5. The number of nitrogens with one attached hydrogen (secondary N) is 1. The molecule has 4 rings (SSSR count). The second kappa shape index (κ2) is 6.74. The molecule has 1 aromatic carbocycles. The molecule has 0 unspecified atom stereocenters. The Kier molecular flexibility index (Phi) is 4.42. The van der Waals surface area contributed by atoms with E-state index >= 15 is 0 Å². The van der Waals surface area contributed by atoms with Crippen LogP contribution in [0.2, 0.25) is 0 Å². The normalized spacial score (nSPS) is 20.2. The summed E-state index contributed by atoms with van der Waals surface area (Å²) < 4.78 is 0. The molecule has 3 heterocycles. The molecule has 26 heavy (non-hydrogen) atoms.